The molecule has 136 valence electrons. The van der Waals surface area contributed by atoms with Crippen LogP contribution in [0.3, 0.4) is 0 Å². The summed E-state index contributed by atoms with van der Waals surface area (Å²) in [6.45, 7) is 2.42. The monoisotopic (exact) mass is 360 g/mol. The lowest BCUT2D eigenvalue weighted by Gasteiger charge is -2.16. The van der Waals surface area contributed by atoms with Crippen molar-refractivity contribution in [1.29, 1.82) is 0 Å². The van der Waals surface area contributed by atoms with E-state index in [4.69, 9.17) is 14.2 Å². The summed E-state index contributed by atoms with van der Waals surface area (Å²) in [5, 5.41) is 0. The van der Waals surface area contributed by atoms with Gasteiger partial charge in [-0.15, -0.1) is 0 Å². The number of hydrogen-bond acceptors (Lipinski definition) is 4. The van der Waals surface area contributed by atoms with Gasteiger partial charge in [0.05, 0.1) is 19.3 Å². The highest BCUT2D eigenvalue weighted by Crippen LogP contribution is 2.45. The number of carbonyl (C=O) groups excluding carboxylic acids is 1. The normalized spacial score (nSPS) is 12.2. The predicted octanol–water partition coefficient (Wildman–Crippen LogP) is 5.02. The Morgan fingerprint density at radius 2 is 1.52 bits per heavy atom. The molecule has 0 spiro atoms. The van der Waals surface area contributed by atoms with Crippen molar-refractivity contribution < 1.29 is 19.0 Å². The number of methoxy groups -OCH3 is 1. The van der Waals surface area contributed by atoms with Crippen LogP contribution in [-0.4, -0.2) is 19.7 Å². The van der Waals surface area contributed by atoms with E-state index in [9.17, 15) is 4.79 Å². The number of carbonyl (C=O) groups is 1. The van der Waals surface area contributed by atoms with Crippen molar-refractivity contribution in [3.8, 4) is 22.6 Å². The molecule has 0 fully saturated rings. The van der Waals surface area contributed by atoms with E-state index in [0.717, 1.165) is 22.3 Å². The summed E-state index contributed by atoms with van der Waals surface area (Å²) >= 11 is 0. The smallest absolute Gasteiger partial charge is 0.339 e. The minimum absolute atomic E-state index is 0.396. The highest BCUT2D eigenvalue weighted by atomic mass is 16.5. The molecule has 0 saturated heterocycles. The summed E-state index contributed by atoms with van der Waals surface area (Å²) in [5.74, 6) is 0.722. The molecule has 0 aromatic heterocycles. The number of fused-ring (bicyclic) bond motifs is 3. The third-order valence-electron chi connectivity index (χ3n) is 4.70. The van der Waals surface area contributed by atoms with Gasteiger partial charge in [0.25, 0.3) is 0 Å². The van der Waals surface area contributed by atoms with Crippen LogP contribution in [0.5, 0.6) is 11.5 Å². The van der Waals surface area contributed by atoms with Crippen LogP contribution in [0.4, 0.5) is 0 Å². The van der Waals surface area contributed by atoms with Gasteiger partial charge in [-0.05, 0) is 36.2 Å². The maximum absolute atomic E-state index is 12.8. The molecule has 3 aromatic carbocycles. The summed E-state index contributed by atoms with van der Waals surface area (Å²) in [4.78, 5) is 12.8. The van der Waals surface area contributed by atoms with Crippen molar-refractivity contribution in [2.75, 3.05) is 13.7 Å². The van der Waals surface area contributed by atoms with E-state index in [1.807, 2.05) is 43.3 Å². The van der Waals surface area contributed by atoms with Gasteiger partial charge in [0.1, 0.15) is 0 Å². The zero-order valence-electron chi connectivity index (χ0n) is 15.3. The Morgan fingerprint density at radius 1 is 0.889 bits per heavy atom. The van der Waals surface area contributed by atoms with Crippen molar-refractivity contribution >= 4 is 5.97 Å². The Bertz CT molecular complexity index is 948. The predicted molar refractivity (Wildman–Crippen MR) is 103 cm³/mol. The molecule has 0 unspecified atom stereocenters. The fourth-order valence-corrected chi connectivity index (χ4v) is 3.48. The van der Waals surface area contributed by atoms with Crippen LogP contribution in [0.2, 0.25) is 0 Å². The van der Waals surface area contributed by atoms with Crippen molar-refractivity contribution in [2.24, 2.45) is 0 Å². The molecule has 0 bridgehead atoms. The van der Waals surface area contributed by atoms with Crippen LogP contribution in [0.25, 0.3) is 11.1 Å². The second kappa shape index (κ2) is 7.16. The van der Waals surface area contributed by atoms with Gasteiger partial charge in [-0.3, -0.25) is 0 Å². The molecule has 3 aromatic rings. The van der Waals surface area contributed by atoms with Gasteiger partial charge in [-0.1, -0.05) is 48.5 Å². The number of esters is 1. The Labute approximate surface area is 158 Å². The fourth-order valence-electron chi connectivity index (χ4n) is 3.48. The summed E-state index contributed by atoms with van der Waals surface area (Å²) in [5.41, 5.74) is 4.65. The topological polar surface area (TPSA) is 44.8 Å². The number of ether oxygens (including phenoxy) is 3. The second-order valence-corrected chi connectivity index (χ2v) is 6.26. The second-order valence-electron chi connectivity index (χ2n) is 6.26. The molecule has 4 heteroatoms. The molecule has 4 rings (SSSR count). The highest BCUT2D eigenvalue weighted by Gasteiger charge is 2.31. The lowest BCUT2D eigenvalue weighted by Crippen LogP contribution is -2.11. The maximum atomic E-state index is 12.8. The third-order valence-corrected chi connectivity index (χ3v) is 4.70. The summed E-state index contributed by atoms with van der Waals surface area (Å²) < 4.78 is 16.8. The molecule has 0 saturated carbocycles. The minimum atomic E-state index is -0.414. The minimum Gasteiger partial charge on any atom is -0.493 e. The molecular formula is C23H20O4. The molecule has 0 aliphatic heterocycles. The van der Waals surface area contributed by atoms with Crippen LogP contribution >= 0.6 is 0 Å². The maximum Gasteiger partial charge on any atom is 0.339 e. The third kappa shape index (κ3) is 3.04. The zero-order valence-corrected chi connectivity index (χ0v) is 15.3. The number of hydrogen-bond donors (Lipinski definition) is 0. The number of rotatable bonds is 5. The van der Waals surface area contributed by atoms with E-state index < -0.39 is 12.1 Å². The van der Waals surface area contributed by atoms with Crippen molar-refractivity contribution in [3.63, 3.8) is 0 Å². The standard InChI is InChI=1S/C23H20O4/c1-3-26-20-13-12-15(14-21(20)25-2)23(24)27-22-18-10-6-4-8-16(18)17-9-5-7-11-19(17)22/h4-14,22H,3H2,1-2H3. The molecule has 0 atom stereocenters. The molecule has 1 aliphatic rings. The average Bonchev–Trinajstić information content (AvgIpc) is 3.02. The molecule has 4 nitrogen and oxygen atoms in total. The Hall–Kier alpha value is -3.27. The first-order valence-corrected chi connectivity index (χ1v) is 8.93. The van der Waals surface area contributed by atoms with Gasteiger partial charge in [-0.2, -0.15) is 0 Å². The van der Waals surface area contributed by atoms with E-state index in [2.05, 4.69) is 12.1 Å². The first-order valence-electron chi connectivity index (χ1n) is 8.93. The lowest BCUT2D eigenvalue weighted by molar-refractivity contribution is 0.0385. The van der Waals surface area contributed by atoms with Gasteiger partial charge in [0.2, 0.25) is 0 Å². The number of benzene rings is 3. The van der Waals surface area contributed by atoms with Crippen molar-refractivity contribution in [2.45, 2.75) is 13.0 Å². The summed E-state index contributed by atoms with van der Waals surface area (Å²) in [7, 11) is 1.55. The molecule has 0 N–H and O–H groups in total. The van der Waals surface area contributed by atoms with Crippen LogP contribution in [0.15, 0.2) is 66.7 Å². The Morgan fingerprint density at radius 3 is 2.11 bits per heavy atom. The molecular weight excluding hydrogens is 340 g/mol. The van der Waals surface area contributed by atoms with Crippen LogP contribution < -0.4 is 9.47 Å². The summed E-state index contributed by atoms with van der Waals surface area (Å²) in [6.07, 6.45) is -0.414. The average molecular weight is 360 g/mol. The van der Waals surface area contributed by atoms with Crippen molar-refractivity contribution in [3.05, 3.63) is 83.4 Å². The van der Waals surface area contributed by atoms with E-state index in [0.29, 0.717) is 23.7 Å². The quantitative estimate of drug-likeness (QED) is 0.599. The SMILES string of the molecule is CCOc1ccc(C(=O)OC2c3ccccc3-c3ccccc32)cc1OC. The molecule has 0 radical (unpaired) electrons. The van der Waals surface area contributed by atoms with E-state index in [1.165, 1.54) is 0 Å². The fraction of sp³-hybridized carbons (Fsp3) is 0.174. The molecule has 27 heavy (non-hydrogen) atoms. The van der Waals surface area contributed by atoms with Crippen molar-refractivity contribution in [1.82, 2.24) is 0 Å². The molecule has 0 amide bonds. The van der Waals surface area contributed by atoms with E-state index >= 15 is 0 Å². The van der Waals surface area contributed by atoms with E-state index in [-0.39, 0.29) is 0 Å². The molecule has 1 aliphatic carbocycles. The first-order chi connectivity index (χ1) is 13.2. The summed E-state index contributed by atoms with van der Waals surface area (Å²) in [6, 6.07) is 21.1. The van der Waals surface area contributed by atoms with Gasteiger partial charge in [0.15, 0.2) is 17.6 Å². The zero-order chi connectivity index (χ0) is 18.8. The Balaban J connectivity index is 1.66. The van der Waals surface area contributed by atoms with Crippen LogP contribution in [0, 0.1) is 0 Å². The lowest BCUT2D eigenvalue weighted by atomic mass is 10.1. The highest BCUT2D eigenvalue weighted by molar-refractivity contribution is 5.91. The van der Waals surface area contributed by atoms with Crippen LogP contribution in [0.1, 0.15) is 34.5 Å². The van der Waals surface area contributed by atoms with Crippen LogP contribution in [-0.2, 0) is 4.74 Å². The Kier molecular flexibility index (Phi) is 4.55. The molecule has 0 heterocycles. The largest absolute Gasteiger partial charge is 0.493 e. The first kappa shape index (κ1) is 17.2. The van der Waals surface area contributed by atoms with Gasteiger partial charge in [0, 0.05) is 11.1 Å². The van der Waals surface area contributed by atoms with E-state index in [1.54, 1.807) is 25.3 Å². The van der Waals surface area contributed by atoms with Gasteiger partial charge < -0.3 is 14.2 Å². The van der Waals surface area contributed by atoms with Gasteiger partial charge >= 0.3 is 5.97 Å². The van der Waals surface area contributed by atoms with Gasteiger partial charge in [-0.25, -0.2) is 4.79 Å².